The molecule has 0 radical (unpaired) electrons. The first-order valence-corrected chi connectivity index (χ1v) is 17.2. The number of rotatable bonds is 4. The van der Waals surface area contributed by atoms with Gasteiger partial charge >= 0.3 is 0 Å². The SMILES string of the molecule is [2H]c1c([2H])c([2H])c(-c2nc(-c3ccc4c(c3)oc3ccc(-n5c6ccccc6c6c7c(ccc65)C(C)(C)c5ccccc5-7)cc34)nc(-c3c([2H])c([2H])c([2H])c([2H])c3[2H])n2)c([2H])c1[2H]. The average Bonchev–Trinajstić information content (AvgIpc) is 3.91. The van der Waals surface area contributed by atoms with E-state index >= 15 is 0 Å². The lowest BCUT2D eigenvalue weighted by Gasteiger charge is -2.21. The molecule has 0 amide bonds. The van der Waals surface area contributed by atoms with Gasteiger partial charge in [0.2, 0.25) is 0 Å². The van der Waals surface area contributed by atoms with Gasteiger partial charge in [-0.15, -0.1) is 0 Å². The third-order valence-corrected chi connectivity index (χ3v) is 10.4. The van der Waals surface area contributed by atoms with E-state index in [2.05, 4.69) is 100 Å². The topological polar surface area (TPSA) is 56.7 Å². The van der Waals surface area contributed by atoms with E-state index in [4.69, 9.17) is 18.1 Å². The first-order chi connectivity index (χ1) is 30.2. The van der Waals surface area contributed by atoms with E-state index in [0.29, 0.717) is 16.7 Å². The van der Waals surface area contributed by atoms with Gasteiger partial charge in [-0.3, -0.25) is 0 Å². The molecule has 11 rings (SSSR count). The molecule has 0 saturated carbocycles. The zero-order chi connectivity index (χ0) is 44.0. The number of nitrogens with zero attached hydrogens (tertiary/aromatic N) is 4. The molecule has 0 bridgehead atoms. The normalized spacial score (nSPS) is 15.9. The third-order valence-electron chi connectivity index (χ3n) is 10.4. The molecule has 250 valence electrons. The van der Waals surface area contributed by atoms with Crippen molar-refractivity contribution < 1.29 is 18.1 Å². The summed E-state index contributed by atoms with van der Waals surface area (Å²) >= 11 is 0. The zero-order valence-corrected chi connectivity index (χ0v) is 28.4. The van der Waals surface area contributed by atoms with Gasteiger partial charge in [-0.1, -0.05) is 129 Å². The summed E-state index contributed by atoms with van der Waals surface area (Å²) < 4.78 is 92.8. The molecule has 0 atom stereocenters. The molecule has 0 spiro atoms. The molecule has 0 saturated heterocycles. The van der Waals surface area contributed by atoms with E-state index in [1.54, 1.807) is 12.1 Å². The standard InChI is InChI=1S/C48H32N4O/c1-48(2)37-19-11-9-17-34(37)43-38(48)24-25-40-44(43)35-18-10-12-20-39(35)52(40)32-22-26-41-36(28-32)33-23-21-31(27-42(33)53-41)47-50-45(29-13-5-3-6-14-29)49-46(51-47)30-15-7-4-8-16-30/h3-28H,1-2H3/i3D,4D,5D,6D,7D,8D,13D,14D,15D,16D. The van der Waals surface area contributed by atoms with Crippen molar-refractivity contribution >= 4 is 43.7 Å². The van der Waals surface area contributed by atoms with Gasteiger partial charge in [0.15, 0.2) is 17.5 Å². The number of hydrogen-bond acceptors (Lipinski definition) is 4. The molecular weight excluding hydrogens is 649 g/mol. The molecule has 3 aromatic heterocycles. The fourth-order valence-electron chi connectivity index (χ4n) is 8.03. The number of hydrogen-bond donors (Lipinski definition) is 0. The summed E-state index contributed by atoms with van der Waals surface area (Å²) in [5.74, 6) is -0.715. The predicted octanol–water partition coefficient (Wildman–Crippen LogP) is 12.2. The minimum absolute atomic E-state index is 0.0424. The number of fused-ring (bicyclic) bond motifs is 10. The minimum Gasteiger partial charge on any atom is -0.456 e. The van der Waals surface area contributed by atoms with E-state index in [0.717, 1.165) is 32.9 Å². The fraction of sp³-hybridized carbons (Fsp3) is 0.0625. The second kappa shape index (κ2) is 11.1. The molecule has 10 aromatic rings. The molecule has 1 aliphatic carbocycles. The molecule has 0 fully saturated rings. The van der Waals surface area contributed by atoms with E-state index in [1.165, 1.54) is 27.6 Å². The Hall–Kier alpha value is -6.85. The van der Waals surface area contributed by atoms with Crippen LogP contribution in [0.5, 0.6) is 0 Å². The zero-order valence-electron chi connectivity index (χ0n) is 38.4. The van der Waals surface area contributed by atoms with Gasteiger partial charge in [-0.2, -0.15) is 0 Å². The number of aromatic nitrogens is 4. The van der Waals surface area contributed by atoms with Crippen molar-refractivity contribution in [1.29, 1.82) is 0 Å². The second-order valence-electron chi connectivity index (χ2n) is 13.7. The summed E-state index contributed by atoms with van der Waals surface area (Å²) in [6.07, 6.45) is 0. The van der Waals surface area contributed by atoms with Gasteiger partial charge in [-0.05, 0) is 64.7 Å². The Morgan fingerprint density at radius 1 is 0.547 bits per heavy atom. The van der Waals surface area contributed by atoms with Crippen molar-refractivity contribution in [2.24, 2.45) is 0 Å². The maximum atomic E-state index is 8.66. The molecular formula is C48H32N4O. The Morgan fingerprint density at radius 2 is 1.23 bits per heavy atom. The molecule has 1 aliphatic rings. The second-order valence-corrected chi connectivity index (χ2v) is 13.7. The highest BCUT2D eigenvalue weighted by Gasteiger charge is 2.37. The van der Waals surface area contributed by atoms with Crippen LogP contribution in [-0.4, -0.2) is 19.5 Å². The summed E-state index contributed by atoms with van der Waals surface area (Å²) in [6.45, 7) is 4.57. The van der Waals surface area contributed by atoms with Crippen LogP contribution in [0.3, 0.4) is 0 Å². The van der Waals surface area contributed by atoms with Crippen LogP contribution in [0.15, 0.2) is 162 Å². The monoisotopic (exact) mass is 690 g/mol. The van der Waals surface area contributed by atoms with Crippen LogP contribution in [0.25, 0.3) is 94.7 Å². The van der Waals surface area contributed by atoms with Crippen LogP contribution in [0, 0.1) is 0 Å². The quantitative estimate of drug-likeness (QED) is 0.184. The van der Waals surface area contributed by atoms with Gasteiger partial charge in [0, 0.05) is 49.3 Å². The molecule has 0 unspecified atom stereocenters. The van der Waals surface area contributed by atoms with Crippen molar-refractivity contribution in [2.75, 3.05) is 0 Å². The van der Waals surface area contributed by atoms with E-state index in [9.17, 15) is 0 Å². The van der Waals surface area contributed by atoms with E-state index in [-0.39, 0.29) is 34.0 Å². The molecule has 5 nitrogen and oxygen atoms in total. The van der Waals surface area contributed by atoms with E-state index < -0.39 is 60.4 Å². The van der Waals surface area contributed by atoms with Crippen LogP contribution in [0.4, 0.5) is 0 Å². The molecule has 53 heavy (non-hydrogen) atoms. The highest BCUT2D eigenvalue weighted by Crippen LogP contribution is 2.53. The van der Waals surface area contributed by atoms with Crippen LogP contribution in [-0.2, 0) is 5.41 Å². The number of para-hydroxylation sites is 1. The summed E-state index contributed by atoms with van der Waals surface area (Å²) in [6, 6.07) is 27.0. The summed E-state index contributed by atoms with van der Waals surface area (Å²) in [5.41, 5.74) is 8.86. The van der Waals surface area contributed by atoms with Crippen LogP contribution < -0.4 is 0 Å². The molecule has 3 heterocycles. The molecule has 7 aromatic carbocycles. The van der Waals surface area contributed by atoms with E-state index in [1.807, 2.05) is 18.2 Å². The lowest BCUT2D eigenvalue weighted by Crippen LogP contribution is -2.14. The van der Waals surface area contributed by atoms with Crippen LogP contribution in [0.1, 0.15) is 38.7 Å². The van der Waals surface area contributed by atoms with Gasteiger partial charge in [-0.25, -0.2) is 15.0 Å². The van der Waals surface area contributed by atoms with Gasteiger partial charge in [0.05, 0.1) is 24.7 Å². The smallest absolute Gasteiger partial charge is 0.164 e. The summed E-state index contributed by atoms with van der Waals surface area (Å²) in [5, 5.41) is 4.00. The van der Waals surface area contributed by atoms with Crippen molar-refractivity contribution in [3.8, 4) is 51.0 Å². The molecule has 5 heteroatoms. The van der Waals surface area contributed by atoms with Crippen molar-refractivity contribution in [2.45, 2.75) is 19.3 Å². The minimum atomic E-state index is -0.612. The number of furan rings is 1. The first-order valence-electron chi connectivity index (χ1n) is 22.2. The van der Waals surface area contributed by atoms with Crippen molar-refractivity contribution in [3.05, 3.63) is 169 Å². The molecule has 0 N–H and O–H groups in total. The Kier molecular flexibility index (Phi) is 4.49. The lowest BCUT2D eigenvalue weighted by molar-refractivity contribution is 0.661. The highest BCUT2D eigenvalue weighted by atomic mass is 16.3. The largest absolute Gasteiger partial charge is 0.456 e. The summed E-state index contributed by atoms with van der Waals surface area (Å²) in [4.78, 5) is 13.6. The lowest BCUT2D eigenvalue weighted by atomic mass is 9.82. The highest BCUT2D eigenvalue weighted by molar-refractivity contribution is 6.18. The summed E-state index contributed by atoms with van der Waals surface area (Å²) in [7, 11) is 0. The Balaban J connectivity index is 1.10. The van der Waals surface area contributed by atoms with Gasteiger partial charge < -0.3 is 8.98 Å². The Morgan fingerprint density at radius 3 is 1.98 bits per heavy atom. The average molecular weight is 691 g/mol. The predicted molar refractivity (Wildman–Crippen MR) is 215 cm³/mol. The van der Waals surface area contributed by atoms with Gasteiger partial charge in [0.1, 0.15) is 11.2 Å². The maximum Gasteiger partial charge on any atom is 0.164 e. The van der Waals surface area contributed by atoms with Crippen LogP contribution >= 0.6 is 0 Å². The third kappa shape index (κ3) is 4.40. The van der Waals surface area contributed by atoms with Crippen molar-refractivity contribution in [3.63, 3.8) is 0 Å². The first kappa shape index (κ1) is 21.5. The molecule has 0 aliphatic heterocycles. The maximum absolute atomic E-state index is 8.66. The Bertz CT molecular complexity index is 3540. The van der Waals surface area contributed by atoms with Gasteiger partial charge in [0.25, 0.3) is 0 Å². The Labute approximate surface area is 319 Å². The van der Waals surface area contributed by atoms with Crippen LogP contribution in [0.2, 0.25) is 0 Å². The fourth-order valence-corrected chi connectivity index (χ4v) is 8.03. The van der Waals surface area contributed by atoms with Crippen molar-refractivity contribution in [1.82, 2.24) is 19.5 Å². The number of benzene rings is 7.